The number of nitrogens with zero attached hydrogens (tertiary/aromatic N) is 1. The summed E-state index contributed by atoms with van der Waals surface area (Å²) in [5, 5.41) is 10.9. The maximum atomic E-state index is 12.5. The zero-order valence-electron chi connectivity index (χ0n) is 16.9. The van der Waals surface area contributed by atoms with Crippen LogP contribution in [0.15, 0.2) is 24.3 Å². The van der Waals surface area contributed by atoms with Gasteiger partial charge in [0.25, 0.3) is 0 Å². The molecule has 4 nitrogen and oxygen atoms in total. The van der Waals surface area contributed by atoms with Crippen LogP contribution in [-0.2, 0) is 10.2 Å². The molecule has 2 aromatic rings. The molecule has 0 bridgehead atoms. The molecule has 0 aliphatic heterocycles. The van der Waals surface area contributed by atoms with Crippen LogP contribution in [0.25, 0.3) is 11.3 Å². The smallest absolute Gasteiger partial charge is 0.225 e. The highest BCUT2D eigenvalue weighted by Crippen LogP contribution is 2.45. The Bertz CT molecular complexity index is 784. The van der Waals surface area contributed by atoms with Gasteiger partial charge < -0.3 is 5.32 Å². The van der Waals surface area contributed by atoms with Crippen molar-refractivity contribution in [2.45, 2.75) is 72.1 Å². The Morgan fingerprint density at radius 3 is 2.23 bits per heavy atom. The van der Waals surface area contributed by atoms with Crippen LogP contribution in [0.5, 0.6) is 0 Å². The standard InChI is InChI=1S/C22H31N3O/c1-21(2,3)13-17(26)23-20-18(14-7-8-14)24-25-19(20)15-9-11-16(12-10-15)22(4,5)6/h9-12,14H,7-8,13H2,1-6H3,(H,23,26)(H,24,25). The van der Waals surface area contributed by atoms with Crippen LogP contribution < -0.4 is 5.32 Å². The molecule has 1 fully saturated rings. The van der Waals surface area contributed by atoms with Gasteiger partial charge in [0.15, 0.2) is 0 Å². The number of aromatic amines is 1. The summed E-state index contributed by atoms with van der Waals surface area (Å²) in [6, 6.07) is 8.52. The van der Waals surface area contributed by atoms with Crippen LogP contribution in [0.1, 0.15) is 78.0 Å². The van der Waals surface area contributed by atoms with Gasteiger partial charge in [-0.15, -0.1) is 0 Å². The number of carbonyl (C=O) groups excluding carboxylic acids is 1. The van der Waals surface area contributed by atoms with Crippen LogP contribution in [0, 0.1) is 5.41 Å². The summed E-state index contributed by atoms with van der Waals surface area (Å²) >= 11 is 0. The summed E-state index contributed by atoms with van der Waals surface area (Å²) in [6.07, 6.45) is 2.81. The third kappa shape index (κ3) is 4.35. The van der Waals surface area contributed by atoms with Crippen molar-refractivity contribution >= 4 is 11.6 Å². The molecule has 26 heavy (non-hydrogen) atoms. The number of H-pyrrole nitrogens is 1. The van der Waals surface area contributed by atoms with E-state index in [1.54, 1.807) is 0 Å². The van der Waals surface area contributed by atoms with E-state index >= 15 is 0 Å². The molecule has 140 valence electrons. The number of nitrogens with one attached hydrogen (secondary N) is 2. The average Bonchev–Trinajstić information content (AvgIpc) is 3.26. The third-order valence-electron chi connectivity index (χ3n) is 4.76. The first-order valence-corrected chi connectivity index (χ1v) is 9.53. The van der Waals surface area contributed by atoms with Crippen molar-refractivity contribution < 1.29 is 4.79 Å². The number of benzene rings is 1. The zero-order chi connectivity index (χ0) is 19.1. The number of hydrogen-bond donors (Lipinski definition) is 2. The lowest BCUT2D eigenvalue weighted by Gasteiger charge is -2.19. The molecule has 0 atom stereocenters. The fourth-order valence-electron chi connectivity index (χ4n) is 3.15. The number of aromatic nitrogens is 2. The van der Waals surface area contributed by atoms with Gasteiger partial charge in [-0.2, -0.15) is 5.10 Å². The van der Waals surface area contributed by atoms with Crippen molar-refractivity contribution in [3.8, 4) is 11.3 Å². The van der Waals surface area contributed by atoms with Gasteiger partial charge in [-0.3, -0.25) is 9.89 Å². The molecule has 0 spiro atoms. The lowest BCUT2D eigenvalue weighted by molar-refractivity contribution is -0.117. The molecule has 0 saturated heterocycles. The molecule has 2 N–H and O–H groups in total. The van der Waals surface area contributed by atoms with E-state index < -0.39 is 0 Å². The molecule has 1 heterocycles. The molecule has 1 aliphatic rings. The Labute approximate surface area is 156 Å². The summed E-state index contributed by atoms with van der Waals surface area (Å²) in [6.45, 7) is 12.9. The van der Waals surface area contributed by atoms with E-state index in [0.717, 1.165) is 35.5 Å². The quantitative estimate of drug-likeness (QED) is 0.749. The molecule has 3 rings (SSSR count). The SMILES string of the molecule is CC(C)(C)CC(=O)Nc1c(-c2ccc(C(C)(C)C)cc2)n[nH]c1C1CC1. The van der Waals surface area contributed by atoms with Gasteiger partial charge in [0.05, 0.1) is 11.4 Å². The van der Waals surface area contributed by atoms with Gasteiger partial charge in [0.2, 0.25) is 5.91 Å². The largest absolute Gasteiger partial charge is 0.323 e. The van der Waals surface area contributed by atoms with Gasteiger partial charge in [-0.1, -0.05) is 65.8 Å². The van der Waals surface area contributed by atoms with E-state index in [0.29, 0.717) is 12.3 Å². The maximum Gasteiger partial charge on any atom is 0.225 e. The first kappa shape index (κ1) is 18.7. The molecular weight excluding hydrogens is 322 g/mol. The highest BCUT2D eigenvalue weighted by molar-refractivity contribution is 5.96. The minimum atomic E-state index is -0.0396. The minimum absolute atomic E-state index is 0.0396. The normalized spacial score (nSPS) is 15.2. The summed E-state index contributed by atoms with van der Waals surface area (Å²) < 4.78 is 0. The van der Waals surface area contributed by atoms with Crippen molar-refractivity contribution in [1.29, 1.82) is 0 Å². The topological polar surface area (TPSA) is 57.8 Å². The number of carbonyl (C=O) groups is 1. The van der Waals surface area contributed by atoms with Crippen LogP contribution in [0.3, 0.4) is 0 Å². The Kier molecular flexibility index (Phi) is 4.72. The van der Waals surface area contributed by atoms with Gasteiger partial charge in [0.1, 0.15) is 5.69 Å². The van der Waals surface area contributed by atoms with Crippen molar-refractivity contribution in [3.63, 3.8) is 0 Å². The second kappa shape index (κ2) is 6.57. The van der Waals surface area contributed by atoms with Gasteiger partial charge in [0, 0.05) is 17.9 Å². The molecule has 1 aliphatic carbocycles. The Morgan fingerprint density at radius 2 is 1.73 bits per heavy atom. The maximum absolute atomic E-state index is 12.5. The van der Waals surface area contributed by atoms with E-state index in [1.165, 1.54) is 5.56 Å². The van der Waals surface area contributed by atoms with Crippen molar-refractivity contribution in [1.82, 2.24) is 10.2 Å². The molecule has 1 amide bonds. The Morgan fingerprint density at radius 1 is 1.12 bits per heavy atom. The third-order valence-corrected chi connectivity index (χ3v) is 4.76. The predicted octanol–water partition coefficient (Wildman–Crippen LogP) is 5.63. The zero-order valence-corrected chi connectivity index (χ0v) is 16.9. The number of hydrogen-bond acceptors (Lipinski definition) is 2. The fraction of sp³-hybridized carbons (Fsp3) is 0.545. The van der Waals surface area contributed by atoms with Crippen LogP contribution >= 0.6 is 0 Å². The Balaban J connectivity index is 1.91. The first-order chi connectivity index (χ1) is 12.0. The second-order valence-corrected chi connectivity index (χ2v) is 9.75. The number of amides is 1. The molecule has 1 aromatic heterocycles. The minimum Gasteiger partial charge on any atom is -0.323 e. The van der Waals surface area contributed by atoms with Crippen LogP contribution in [-0.4, -0.2) is 16.1 Å². The lowest BCUT2D eigenvalue weighted by Crippen LogP contribution is -2.20. The first-order valence-electron chi connectivity index (χ1n) is 9.53. The number of anilines is 1. The van der Waals surface area contributed by atoms with E-state index in [-0.39, 0.29) is 16.7 Å². The van der Waals surface area contributed by atoms with Gasteiger partial charge in [-0.25, -0.2) is 0 Å². The van der Waals surface area contributed by atoms with Crippen molar-refractivity contribution in [2.24, 2.45) is 5.41 Å². The molecule has 1 saturated carbocycles. The van der Waals surface area contributed by atoms with Crippen molar-refractivity contribution in [2.75, 3.05) is 5.32 Å². The molecule has 0 radical (unpaired) electrons. The fourth-order valence-corrected chi connectivity index (χ4v) is 3.15. The molecular formula is C22H31N3O. The molecule has 1 aromatic carbocycles. The monoisotopic (exact) mass is 353 g/mol. The summed E-state index contributed by atoms with van der Waals surface area (Å²) in [7, 11) is 0. The lowest BCUT2D eigenvalue weighted by atomic mass is 9.86. The van der Waals surface area contributed by atoms with Crippen LogP contribution in [0.4, 0.5) is 5.69 Å². The van der Waals surface area contributed by atoms with E-state index in [9.17, 15) is 4.79 Å². The summed E-state index contributed by atoms with van der Waals surface area (Å²) in [5.74, 6) is 0.545. The van der Waals surface area contributed by atoms with Gasteiger partial charge in [-0.05, 0) is 29.2 Å². The predicted molar refractivity (Wildman–Crippen MR) is 107 cm³/mol. The van der Waals surface area contributed by atoms with Crippen molar-refractivity contribution in [3.05, 3.63) is 35.5 Å². The van der Waals surface area contributed by atoms with E-state index in [1.807, 2.05) is 0 Å². The van der Waals surface area contributed by atoms with E-state index in [2.05, 4.69) is 81.3 Å². The summed E-state index contributed by atoms with van der Waals surface area (Å²) in [5.41, 5.74) is 5.18. The van der Waals surface area contributed by atoms with Gasteiger partial charge >= 0.3 is 0 Å². The highest BCUT2D eigenvalue weighted by Gasteiger charge is 2.31. The van der Waals surface area contributed by atoms with Crippen LogP contribution in [0.2, 0.25) is 0 Å². The molecule has 4 heteroatoms. The molecule has 0 unspecified atom stereocenters. The highest BCUT2D eigenvalue weighted by atomic mass is 16.1. The Hall–Kier alpha value is -2.10. The average molecular weight is 354 g/mol. The second-order valence-electron chi connectivity index (χ2n) is 9.75. The summed E-state index contributed by atoms with van der Waals surface area (Å²) in [4.78, 5) is 12.5. The van der Waals surface area contributed by atoms with E-state index in [4.69, 9.17) is 0 Å². The number of rotatable bonds is 4.